The monoisotopic (exact) mass is 293 g/mol. The van der Waals surface area contributed by atoms with Gasteiger partial charge in [-0.1, -0.05) is 36.8 Å². The third-order valence-corrected chi connectivity index (χ3v) is 3.56. The van der Waals surface area contributed by atoms with Crippen molar-refractivity contribution < 1.29 is 19.8 Å². The van der Waals surface area contributed by atoms with Crippen molar-refractivity contribution in [2.24, 2.45) is 0 Å². The standard InChI is InChI=1S/C16H23NO4/c1-4-12(13-7-5-11(2)6-8-13)9-14(18)17-10-16(3,21)15(19)20/h5-8,12,21H,4,9-10H2,1-3H3,(H,17,18)(H,19,20). The molecule has 0 aromatic heterocycles. The topological polar surface area (TPSA) is 86.6 Å². The van der Waals surface area contributed by atoms with Crippen LogP contribution < -0.4 is 5.32 Å². The lowest BCUT2D eigenvalue weighted by atomic mass is 9.92. The number of rotatable bonds is 7. The van der Waals surface area contributed by atoms with Crippen molar-refractivity contribution in [3.05, 3.63) is 35.4 Å². The number of nitrogens with one attached hydrogen (secondary N) is 1. The van der Waals surface area contributed by atoms with Crippen molar-refractivity contribution in [2.45, 2.75) is 45.1 Å². The smallest absolute Gasteiger partial charge is 0.337 e. The molecule has 0 saturated heterocycles. The second kappa shape index (κ2) is 7.22. The number of carboxylic acid groups (broad SMARTS) is 1. The molecule has 0 saturated carbocycles. The van der Waals surface area contributed by atoms with Gasteiger partial charge in [0, 0.05) is 6.42 Å². The van der Waals surface area contributed by atoms with Crippen molar-refractivity contribution in [1.82, 2.24) is 5.32 Å². The van der Waals surface area contributed by atoms with Crippen LogP contribution in [0.1, 0.15) is 43.7 Å². The maximum atomic E-state index is 11.9. The molecule has 3 N–H and O–H groups in total. The minimum Gasteiger partial charge on any atom is -0.479 e. The van der Waals surface area contributed by atoms with Gasteiger partial charge in [0.2, 0.25) is 5.91 Å². The average molecular weight is 293 g/mol. The highest BCUT2D eigenvalue weighted by molar-refractivity contribution is 5.80. The molecule has 116 valence electrons. The minimum absolute atomic E-state index is 0.0837. The predicted octanol–water partition coefficient (Wildman–Crippen LogP) is 1.83. The van der Waals surface area contributed by atoms with Gasteiger partial charge in [0.15, 0.2) is 5.60 Å². The molecule has 0 aliphatic rings. The number of aliphatic carboxylic acids is 1. The van der Waals surface area contributed by atoms with E-state index in [-0.39, 0.29) is 24.8 Å². The Hall–Kier alpha value is -1.88. The van der Waals surface area contributed by atoms with Crippen LogP contribution in [0.15, 0.2) is 24.3 Å². The quantitative estimate of drug-likeness (QED) is 0.716. The van der Waals surface area contributed by atoms with Crippen LogP contribution in [0.2, 0.25) is 0 Å². The highest BCUT2D eigenvalue weighted by Gasteiger charge is 2.30. The van der Waals surface area contributed by atoms with Crippen LogP contribution >= 0.6 is 0 Å². The number of aliphatic hydroxyl groups is 1. The molecular weight excluding hydrogens is 270 g/mol. The largest absolute Gasteiger partial charge is 0.479 e. The van der Waals surface area contributed by atoms with E-state index in [2.05, 4.69) is 5.32 Å². The Labute approximate surface area is 125 Å². The van der Waals surface area contributed by atoms with E-state index < -0.39 is 11.6 Å². The van der Waals surface area contributed by atoms with Crippen LogP contribution in [-0.4, -0.2) is 34.2 Å². The van der Waals surface area contributed by atoms with E-state index in [0.29, 0.717) is 0 Å². The Morgan fingerprint density at radius 1 is 1.29 bits per heavy atom. The number of carbonyl (C=O) groups excluding carboxylic acids is 1. The van der Waals surface area contributed by atoms with Crippen LogP contribution in [-0.2, 0) is 9.59 Å². The SMILES string of the molecule is CCC(CC(=O)NCC(C)(O)C(=O)O)c1ccc(C)cc1. The van der Waals surface area contributed by atoms with Gasteiger partial charge in [0.25, 0.3) is 0 Å². The van der Waals surface area contributed by atoms with Gasteiger partial charge in [-0.3, -0.25) is 4.79 Å². The van der Waals surface area contributed by atoms with E-state index in [4.69, 9.17) is 5.11 Å². The van der Waals surface area contributed by atoms with Crippen LogP contribution in [0.3, 0.4) is 0 Å². The Kier molecular flexibility index (Phi) is 5.90. The number of benzene rings is 1. The molecule has 2 unspecified atom stereocenters. The molecule has 0 bridgehead atoms. The molecular formula is C16H23NO4. The van der Waals surface area contributed by atoms with Gasteiger partial charge in [-0.2, -0.15) is 0 Å². The maximum absolute atomic E-state index is 11.9. The van der Waals surface area contributed by atoms with Crippen molar-refractivity contribution in [3.63, 3.8) is 0 Å². The zero-order valence-electron chi connectivity index (χ0n) is 12.7. The normalized spacial score (nSPS) is 15.0. The minimum atomic E-state index is -1.94. The molecule has 0 radical (unpaired) electrons. The molecule has 0 fully saturated rings. The molecule has 0 spiro atoms. The summed E-state index contributed by atoms with van der Waals surface area (Å²) in [7, 11) is 0. The lowest BCUT2D eigenvalue weighted by Gasteiger charge is -2.20. The van der Waals surface area contributed by atoms with E-state index in [1.807, 2.05) is 38.1 Å². The Bertz CT molecular complexity index is 494. The second-order valence-corrected chi connectivity index (χ2v) is 5.58. The van der Waals surface area contributed by atoms with E-state index in [9.17, 15) is 14.7 Å². The summed E-state index contributed by atoms with van der Waals surface area (Å²) in [6, 6.07) is 8.02. The molecule has 2 atom stereocenters. The van der Waals surface area contributed by atoms with Crippen LogP contribution in [0.5, 0.6) is 0 Å². The molecule has 5 heteroatoms. The van der Waals surface area contributed by atoms with Crippen LogP contribution in [0.4, 0.5) is 0 Å². The summed E-state index contributed by atoms with van der Waals surface area (Å²) in [5.74, 6) is -1.53. The van der Waals surface area contributed by atoms with Gasteiger partial charge in [0.1, 0.15) is 0 Å². The van der Waals surface area contributed by atoms with Gasteiger partial charge in [-0.25, -0.2) is 4.79 Å². The molecule has 0 aliphatic carbocycles. The van der Waals surface area contributed by atoms with Crippen molar-refractivity contribution in [3.8, 4) is 0 Å². The summed E-state index contributed by atoms with van der Waals surface area (Å²) in [5, 5.41) is 20.8. The molecule has 1 amide bonds. The lowest BCUT2D eigenvalue weighted by molar-refractivity contribution is -0.156. The van der Waals surface area contributed by atoms with Gasteiger partial charge >= 0.3 is 5.97 Å². The maximum Gasteiger partial charge on any atom is 0.337 e. The van der Waals surface area contributed by atoms with Gasteiger partial charge in [0.05, 0.1) is 6.54 Å². The summed E-state index contributed by atoms with van der Waals surface area (Å²) in [5.41, 5.74) is 0.306. The first kappa shape index (κ1) is 17.2. The molecule has 1 aromatic carbocycles. The predicted molar refractivity (Wildman–Crippen MR) is 80.1 cm³/mol. The lowest BCUT2D eigenvalue weighted by Crippen LogP contribution is -2.46. The zero-order chi connectivity index (χ0) is 16.0. The Balaban J connectivity index is 2.59. The van der Waals surface area contributed by atoms with Crippen LogP contribution in [0, 0.1) is 6.92 Å². The van der Waals surface area contributed by atoms with Crippen molar-refractivity contribution in [2.75, 3.05) is 6.54 Å². The first-order valence-electron chi connectivity index (χ1n) is 7.05. The molecule has 5 nitrogen and oxygen atoms in total. The van der Waals surface area contributed by atoms with Crippen molar-refractivity contribution >= 4 is 11.9 Å². The summed E-state index contributed by atoms with van der Waals surface area (Å²) in [6.07, 6.45) is 1.08. The fraction of sp³-hybridized carbons (Fsp3) is 0.500. The van der Waals surface area contributed by atoms with Crippen LogP contribution in [0.25, 0.3) is 0 Å². The van der Waals surface area contributed by atoms with E-state index in [1.165, 1.54) is 0 Å². The zero-order valence-corrected chi connectivity index (χ0v) is 12.7. The molecule has 0 heterocycles. The third-order valence-electron chi connectivity index (χ3n) is 3.56. The summed E-state index contributed by atoms with van der Waals surface area (Å²) in [4.78, 5) is 22.7. The third kappa shape index (κ3) is 5.19. The summed E-state index contributed by atoms with van der Waals surface area (Å²) in [6.45, 7) is 4.87. The molecule has 1 aromatic rings. The number of carbonyl (C=O) groups is 2. The van der Waals surface area contributed by atoms with E-state index in [0.717, 1.165) is 24.5 Å². The fourth-order valence-corrected chi connectivity index (χ4v) is 1.98. The molecule has 21 heavy (non-hydrogen) atoms. The second-order valence-electron chi connectivity index (χ2n) is 5.58. The summed E-state index contributed by atoms with van der Waals surface area (Å²) >= 11 is 0. The first-order chi connectivity index (χ1) is 9.76. The highest BCUT2D eigenvalue weighted by atomic mass is 16.4. The highest BCUT2D eigenvalue weighted by Crippen LogP contribution is 2.23. The fourth-order valence-electron chi connectivity index (χ4n) is 1.98. The number of hydrogen-bond donors (Lipinski definition) is 3. The number of carboxylic acids is 1. The molecule has 0 aliphatic heterocycles. The van der Waals surface area contributed by atoms with Crippen molar-refractivity contribution in [1.29, 1.82) is 0 Å². The van der Waals surface area contributed by atoms with Gasteiger partial charge < -0.3 is 15.5 Å². The van der Waals surface area contributed by atoms with Gasteiger partial charge in [-0.05, 0) is 31.7 Å². The number of hydrogen-bond acceptors (Lipinski definition) is 3. The average Bonchev–Trinajstić information content (AvgIpc) is 2.43. The Morgan fingerprint density at radius 2 is 1.86 bits per heavy atom. The van der Waals surface area contributed by atoms with E-state index in [1.54, 1.807) is 0 Å². The van der Waals surface area contributed by atoms with E-state index >= 15 is 0 Å². The number of amides is 1. The summed E-state index contributed by atoms with van der Waals surface area (Å²) < 4.78 is 0. The first-order valence-corrected chi connectivity index (χ1v) is 7.05. The Morgan fingerprint density at radius 3 is 2.33 bits per heavy atom. The van der Waals surface area contributed by atoms with Gasteiger partial charge in [-0.15, -0.1) is 0 Å². The number of aryl methyl sites for hydroxylation is 1. The molecule has 1 rings (SSSR count).